The minimum Gasteiger partial charge on any atom is -0.353 e. The van der Waals surface area contributed by atoms with Gasteiger partial charge in [-0.05, 0) is 40.3 Å². The SMILES string of the molecule is O=C1CNC(=O)CN(Cc2ccc(I)cc2)CC(=O)NCCN1. The van der Waals surface area contributed by atoms with Crippen LogP contribution in [0.4, 0.5) is 0 Å². The van der Waals surface area contributed by atoms with Gasteiger partial charge < -0.3 is 16.0 Å². The predicted octanol–water partition coefficient (Wildman–Crippen LogP) is -0.545. The van der Waals surface area contributed by atoms with Crippen molar-refractivity contribution in [2.75, 3.05) is 32.7 Å². The number of amides is 3. The molecule has 0 spiro atoms. The van der Waals surface area contributed by atoms with E-state index in [1.165, 1.54) is 0 Å². The lowest BCUT2D eigenvalue weighted by Crippen LogP contribution is -2.47. The van der Waals surface area contributed by atoms with Gasteiger partial charge in [-0.25, -0.2) is 0 Å². The lowest BCUT2D eigenvalue weighted by Gasteiger charge is -2.22. The molecule has 1 aromatic carbocycles. The second-order valence-electron chi connectivity index (χ2n) is 5.25. The molecular weight excluding hydrogens is 411 g/mol. The van der Waals surface area contributed by atoms with Gasteiger partial charge in [-0.2, -0.15) is 0 Å². The molecular formula is C15H19IN4O3. The average molecular weight is 430 g/mol. The van der Waals surface area contributed by atoms with E-state index in [1.54, 1.807) is 4.90 Å². The van der Waals surface area contributed by atoms with Crippen molar-refractivity contribution in [3.05, 3.63) is 33.4 Å². The maximum atomic E-state index is 11.9. The molecule has 1 aliphatic heterocycles. The third kappa shape index (κ3) is 6.53. The highest BCUT2D eigenvalue weighted by Gasteiger charge is 2.16. The smallest absolute Gasteiger partial charge is 0.239 e. The van der Waals surface area contributed by atoms with Crippen molar-refractivity contribution in [3.8, 4) is 0 Å². The van der Waals surface area contributed by atoms with Crippen LogP contribution in [-0.2, 0) is 20.9 Å². The fraction of sp³-hybridized carbons (Fsp3) is 0.400. The van der Waals surface area contributed by atoms with Crippen molar-refractivity contribution in [2.24, 2.45) is 0 Å². The van der Waals surface area contributed by atoms with Gasteiger partial charge in [0.15, 0.2) is 0 Å². The summed E-state index contributed by atoms with van der Waals surface area (Å²) in [7, 11) is 0. The molecule has 1 aromatic rings. The van der Waals surface area contributed by atoms with E-state index >= 15 is 0 Å². The van der Waals surface area contributed by atoms with Gasteiger partial charge >= 0.3 is 0 Å². The molecule has 1 aliphatic rings. The van der Waals surface area contributed by atoms with Gasteiger partial charge in [0, 0.05) is 23.2 Å². The number of hydrogen-bond donors (Lipinski definition) is 3. The van der Waals surface area contributed by atoms with E-state index in [2.05, 4.69) is 38.5 Å². The lowest BCUT2D eigenvalue weighted by atomic mass is 10.2. The van der Waals surface area contributed by atoms with Crippen molar-refractivity contribution in [1.29, 1.82) is 0 Å². The van der Waals surface area contributed by atoms with Crippen LogP contribution in [0.2, 0.25) is 0 Å². The Kier molecular flexibility index (Phi) is 6.78. The Morgan fingerprint density at radius 2 is 1.43 bits per heavy atom. The third-order valence-corrected chi connectivity index (χ3v) is 3.99. The number of rotatable bonds is 2. The van der Waals surface area contributed by atoms with Crippen molar-refractivity contribution in [1.82, 2.24) is 20.9 Å². The Bertz CT molecular complexity index is 577. The summed E-state index contributed by atoms with van der Waals surface area (Å²) in [6, 6.07) is 7.91. The molecule has 0 saturated carbocycles. The molecule has 3 N–H and O–H groups in total. The molecule has 0 atom stereocenters. The van der Waals surface area contributed by atoms with Crippen molar-refractivity contribution in [2.45, 2.75) is 6.54 Å². The summed E-state index contributed by atoms with van der Waals surface area (Å²) in [6.45, 7) is 1.35. The lowest BCUT2D eigenvalue weighted by molar-refractivity contribution is -0.128. The minimum absolute atomic E-state index is 0.0514. The summed E-state index contributed by atoms with van der Waals surface area (Å²) >= 11 is 2.22. The summed E-state index contributed by atoms with van der Waals surface area (Å²) in [5.41, 5.74) is 1.02. The molecule has 0 bridgehead atoms. The molecule has 2 rings (SSSR count). The molecule has 1 saturated heterocycles. The summed E-state index contributed by atoms with van der Waals surface area (Å²) in [5.74, 6) is -0.713. The first-order valence-electron chi connectivity index (χ1n) is 7.30. The molecule has 7 nitrogen and oxygen atoms in total. The van der Waals surface area contributed by atoms with Gasteiger partial charge in [0.05, 0.1) is 19.6 Å². The summed E-state index contributed by atoms with van der Waals surface area (Å²) in [6.07, 6.45) is 0. The fourth-order valence-electron chi connectivity index (χ4n) is 2.18. The molecule has 1 heterocycles. The maximum Gasteiger partial charge on any atom is 0.239 e. The summed E-state index contributed by atoms with van der Waals surface area (Å²) in [5, 5.41) is 7.91. The van der Waals surface area contributed by atoms with Gasteiger partial charge in [-0.1, -0.05) is 12.1 Å². The molecule has 1 fully saturated rings. The Morgan fingerprint density at radius 1 is 0.870 bits per heavy atom. The normalized spacial score (nSPS) is 18.2. The molecule has 0 radical (unpaired) electrons. The minimum atomic E-state index is -0.279. The Hall–Kier alpha value is -1.68. The van der Waals surface area contributed by atoms with E-state index in [0.29, 0.717) is 19.6 Å². The van der Waals surface area contributed by atoms with Gasteiger partial charge in [-0.3, -0.25) is 19.3 Å². The first kappa shape index (κ1) is 17.7. The maximum absolute atomic E-state index is 11.9. The van der Waals surface area contributed by atoms with E-state index in [4.69, 9.17) is 0 Å². The standard InChI is InChI=1S/C15H19IN4O3/c16-12-3-1-11(2-4-12)8-20-9-14(22)18-6-5-17-13(21)7-19-15(23)10-20/h1-4H,5-10H2,(H,17,21)(H,18,22)(H,19,23). The fourth-order valence-corrected chi connectivity index (χ4v) is 2.54. The number of carbonyl (C=O) groups excluding carboxylic acids is 3. The molecule has 0 unspecified atom stereocenters. The van der Waals surface area contributed by atoms with E-state index in [9.17, 15) is 14.4 Å². The van der Waals surface area contributed by atoms with Crippen LogP contribution in [0, 0.1) is 3.57 Å². The zero-order chi connectivity index (χ0) is 16.7. The first-order valence-corrected chi connectivity index (χ1v) is 8.38. The van der Waals surface area contributed by atoms with E-state index in [0.717, 1.165) is 9.13 Å². The quantitative estimate of drug-likeness (QED) is 0.550. The van der Waals surface area contributed by atoms with Crippen LogP contribution in [0.15, 0.2) is 24.3 Å². The monoisotopic (exact) mass is 430 g/mol. The average Bonchev–Trinajstić information content (AvgIpc) is 2.51. The number of halogens is 1. The zero-order valence-corrected chi connectivity index (χ0v) is 14.8. The van der Waals surface area contributed by atoms with Crippen molar-refractivity contribution < 1.29 is 14.4 Å². The zero-order valence-electron chi connectivity index (χ0n) is 12.6. The van der Waals surface area contributed by atoms with Crippen molar-refractivity contribution in [3.63, 3.8) is 0 Å². The first-order chi connectivity index (χ1) is 11.0. The van der Waals surface area contributed by atoms with Gasteiger partial charge in [0.1, 0.15) is 0 Å². The second kappa shape index (κ2) is 8.82. The largest absolute Gasteiger partial charge is 0.353 e. The highest BCUT2D eigenvalue weighted by molar-refractivity contribution is 14.1. The van der Waals surface area contributed by atoms with Crippen LogP contribution in [0.1, 0.15) is 5.56 Å². The van der Waals surface area contributed by atoms with Crippen molar-refractivity contribution >= 4 is 40.3 Å². The van der Waals surface area contributed by atoms with Gasteiger partial charge in [-0.15, -0.1) is 0 Å². The molecule has 23 heavy (non-hydrogen) atoms. The Labute approximate surface area is 148 Å². The summed E-state index contributed by atoms with van der Waals surface area (Å²) < 4.78 is 1.13. The second-order valence-corrected chi connectivity index (χ2v) is 6.49. The Balaban J connectivity index is 2.03. The van der Waals surface area contributed by atoms with Crippen LogP contribution in [-0.4, -0.2) is 55.3 Å². The number of nitrogens with one attached hydrogen (secondary N) is 3. The topological polar surface area (TPSA) is 90.5 Å². The molecule has 0 aliphatic carbocycles. The van der Waals surface area contributed by atoms with Crippen LogP contribution in [0.3, 0.4) is 0 Å². The van der Waals surface area contributed by atoms with Gasteiger partial charge in [0.2, 0.25) is 17.7 Å². The van der Waals surface area contributed by atoms with E-state index in [-0.39, 0.29) is 37.4 Å². The number of benzene rings is 1. The van der Waals surface area contributed by atoms with Crippen LogP contribution >= 0.6 is 22.6 Å². The van der Waals surface area contributed by atoms with E-state index < -0.39 is 0 Å². The highest BCUT2D eigenvalue weighted by atomic mass is 127. The summed E-state index contributed by atoms with van der Waals surface area (Å²) in [4.78, 5) is 37.1. The molecule has 0 aromatic heterocycles. The number of carbonyl (C=O) groups is 3. The van der Waals surface area contributed by atoms with Crippen LogP contribution in [0.25, 0.3) is 0 Å². The number of hydrogen-bond acceptors (Lipinski definition) is 4. The molecule has 3 amide bonds. The third-order valence-electron chi connectivity index (χ3n) is 3.27. The van der Waals surface area contributed by atoms with Crippen LogP contribution in [0.5, 0.6) is 0 Å². The van der Waals surface area contributed by atoms with Crippen LogP contribution < -0.4 is 16.0 Å². The molecule has 124 valence electrons. The predicted molar refractivity (Wildman–Crippen MR) is 93.5 cm³/mol. The van der Waals surface area contributed by atoms with E-state index in [1.807, 2.05) is 24.3 Å². The Morgan fingerprint density at radius 3 is 2.09 bits per heavy atom. The molecule has 8 heteroatoms. The van der Waals surface area contributed by atoms with Gasteiger partial charge in [0.25, 0.3) is 0 Å². The number of nitrogens with zero attached hydrogens (tertiary/aromatic N) is 1. The highest BCUT2D eigenvalue weighted by Crippen LogP contribution is 2.09.